The zero-order valence-corrected chi connectivity index (χ0v) is 9.69. The summed E-state index contributed by atoms with van der Waals surface area (Å²) in [5, 5.41) is 9.26. The highest BCUT2D eigenvalue weighted by atomic mass is 32.1. The molecule has 82 valence electrons. The van der Waals surface area contributed by atoms with Crippen molar-refractivity contribution in [1.82, 2.24) is 4.98 Å². The molecule has 0 unspecified atom stereocenters. The van der Waals surface area contributed by atoms with Crippen molar-refractivity contribution in [2.24, 2.45) is 0 Å². The SMILES string of the molecule is OCc1ccccc1-c1cc(CS)ccn1. The zero-order valence-electron chi connectivity index (χ0n) is 8.80. The van der Waals surface area contributed by atoms with Gasteiger partial charge in [-0.25, -0.2) is 0 Å². The fourth-order valence-corrected chi connectivity index (χ4v) is 1.82. The van der Waals surface area contributed by atoms with Crippen molar-refractivity contribution < 1.29 is 5.11 Å². The number of hydrogen-bond acceptors (Lipinski definition) is 3. The molecule has 0 amide bonds. The molecule has 3 heteroatoms. The van der Waals surface area contributed by atoms with E-state index in [2.05, 4.69) is 17.6 Å². The molecule has 0 aliphatic carbocycles. The van der Waals surface area contributed by atoms with Crippen LogP contribution in [-0.4, -0.2) is 10.1 Å². The summed E-state index contributed by atoms with van der Waals surface area (Å²) >= 11 is 4.24. The Hall–Kier alpha value is -1.32. The molecule has 0 aliphatic heterocycles. The maximum Gasteiger partial charge on any atom is 0.0708 e. The molecule has 1 heterocycles. The van der Waals surface area contributed by atoms with Crippen LogP contribution in [0, 0.1) is 0 Å². The van der Waals surface area contributed by atoms with Crippen LogP contribution in [0.3, 0.4) is 0 Å². The highest BCUT2D eigenvalue weighted by Gasteiger charge is 2.05. The van der Waals surface area contributed by atoms with Crippen molar-refractivity contribution in [3.05, 3.63) is 53.7 Å². The monoisotopic (exact) mass is 231 g/mol. The summed E-state index contributed by atoms with van der Waals surface area (Å²) in [4.78, 5) is 4.32. The molecule has 1 N–H and O–H groups in total. The van der Waals surface area contributed by atoms with Gasteiger partial charge in [0.25, 0.3) is 0 Å². The molecule has 0 bridgehead atoms. The van der Waals surface area contributed by atoms with E-state index in [1.165, 1.54) is 0 Å². The lowest BCUT2D eigenvalue weighted by molar-refractivity contribution is 0.282. The van der Waals surface area contributed by atoms with Gasteiger partial charge in [-0.1, -0.05) is 24.3 Å². The number of benzene rings is 1. The number of nitrogens with zero attached hydrogens (tertiary/aromatic N) is 1. The smallest absolute Gasteiger partial charge is 0.0708 e. The van der Waals surface area contributed by atoms with E-state index in [9.17, 15) is 5.11 Å². The van der Waals surface area contributed by atoms with Crippen LogP contribution in [-0.2, 0) is 12.4 Å². The summed E-state index contributed by atoms with van der Waals surface area (Å²) in [5.41, 5.74) is 3.89. The maximum atomic E-state index is 9.26. The fraction of sp³-hybridized carbons (Fsp3) is 0.154. The summed E-state index contributed by atoms with van der Waals surface area (Å²) in [6.45, 7) is 0.0307. The second-order valence-electron chi connectivity index (χ2n) is 3.52. The number of hydrogen-bond donors (Lipinski definition) is 2. The average molecular weight is 231 g/mol. The molecule has 0 radical (unpaired) electrons. The van der Waals surface area contributed by atoms with Crippen LogP contribution < -0.4 is 0 Å². The van der Waals surface area contributed by atoms with Crippen molar-refractivity contribution in [3.63, 3.8) is 0 Å². The minimum absolute atomic E-state index is 0.0307. The third kappa shape index (κ3) is 2.26. The molecule has 0 saturated carbocycles. The van der Waals surface area contributed by atoms with Gasteiger partial charge in [0.1, 0.15) is 0 Å². The summed E-state index contributed by atoms with van der Waals surface area (Å²) < 4.78 is 0. The largest absolute Gasteiger partial charge is 0.392 e. The summed E-state index contributed by atoms with van der Waals surface area (Å²) in [6, 6.07) is 11.7. The van der Waals surface area contributed by atoms with E-state index < -0.39 is 0 Å². The van der Waals surface area contributed by atoms with Gasteiger partial charge in [-0.3, -0.25) is 4.98 Å². The summed E-state index contributed by atoms with van der Waals surface area (Å²) in [7, 11) is 0. The van der Waals surface area contributed by atoms with Crippen molar-refractivity contribution in [3.8, 4) is 11.3 Å². The predicted molar refractivity (Wildman–Crippen MR) is 68.3 cm³/mol. The maximum absolute atomic E-state index is 9.26. The van der Waals surface area contributed by atoms with E-state index in [4.69, 9.17) is 0 Å². The van der Waals surface area contributed by atoms with Crippen molar-refractivity contribution in [2.75, 3.05) is 0 Å². The minimum atomic E-state index is 0.0307. The van der Waals surface area contributed by atoms with E-state index in [1.807, 2.05) is 36.4 Å². The topological polar surface area (TPSA) is 33.1 Å². The van der Waals surface area contributed by atoms with E-state index in [-0.39, 0.29) is 6.61 Å². The number of aliphatic hydroxyl groups excluding tert-OH is 1. The standard InChI is InChI=1S/C13H13NOS/c15-8-11-3-1-2-4-12(11)13-7-10(9-16)5-6-14-13/h1-7,15-16H,8-9H2. The van der Waals surface area contributed by atoms with Crippen molar-refractivity contribution in [1.29, 1.82) is 0 Å². The van der Waals surface area contributed by atoms with E-state index in [1.54, 1.807) is 6.20 Å². The van der Waals surface area contributed by atoms with Gasteiger partial charge in [0.05, 0.1) is 12.3 Å². The second kappa shape index (κ2) is 5.14. The first kappa shape index (κ1) is 11.2. The lowest BCUT2D eigenvalue weighted by Crippen LogP contribution is -1.92. The fourth-order valence-electron chi connectivity index (χ4n) is 1.63. The van der Waals surface area contributed by atoms with Gasteiger partial charge in [0.2, 0.25) is 0 Å². The molecule has 0 aliphatic rings. The zero-order chi connectivity index (χ0) is 11.4. The quantitative estimate of drug-likeness (QED) is 0.796. The molecule has 1 aromatic heterocycles. The van der Waals surface area contributed by atoms with Crippen LogP contribution in [0.25, 0.3) is 11.3 Å². The molecule has 0 saturated heterocycles. The Balaban J connectivity index is 2.49. The van der Waals surface area contributed by atoms with Crippen molar-refractivity contribution in [2.45, 2.75) is 12.4 Å². The molecule has 0 fully saturated rings. The molecular weight excluding hydrogens is 218 g/mol. The lowest BCUT2D eigenvalue weighted by Gasteiger charge is -2.07. The predicted octanol–water partition coefficient (Wildman–Crippen LogP) is 2.67. The molecular formula is C13H13NOS. The number of aliphatic hydroxyl groups is 1. The van der Waals surface area contributed by atoms with Gasteiger partial charge in [0.15, 0.2) is 0 Å². The Bertz CT molecular complexity index is 485. The van der Waals surface area contributed by atoms with E-state index >= 15 is 0 Å². The number of pyridine rings is 1. The third-order valence-electron chi connectivity index (χ3n) is 2.47. The summed E-state index contributed by atoms with van der Waals surface area (Å²) in [5.74, 6) is 0.691. The van der Waals surface area contributed by atoms with Gasteiger partial charge < -0.3 is 5.11 Å². The number of aromatic nitrogens is 1. The Morgan fingerprint density at radius 1 is 1.19 bits per heavy atom. The first-order valence-electron chi connectivity index (χ1n) is 5.10. The van der Waals surface area contributed by atoms with Gasteiger partial charge in [-0.05, 0) is 23.3 Å². The van der Waals surface area contributed by atoms with Gasteiger partial charge in [0, 0.05) is 17.5 Å². The van der Waals surface area contributed by atoms with Crippen LogP contribution in [0.1, 0.15) is 11.1 Å². The number of rotatable bonds is 3. The van der Waals surface area contributed by atoms with E-state index in [0.717, 1.165) is 22.4 Å². The van der Waals surface area contributed by atoms with Crippen LogP contribution in [0.15, 0.2) is 42.6 Å². The Morgan fingerprint density at radius 3 is 2.75 bits per heavy atom. The lowest BCUT2D eigenvalue weighted by atomic mass is 10.0. The first-order chi connectivity index (χ1) is 7.85. The third-order valence-corrected chi connectivity index (χ3v) is 2.84. The van der Waals surface area contributed by atoms with Crippen LogP contribution in [0.5, 0.6) is 0 Å². The normalized spacial score (nSPS) is 10.4. The molecule has 0 atom stereocenters. The average Bonchev–Trinajstić information content (AvgIpc) is 2.38. The minimum Gasteiger partial charge on any atom is -0.392 e. The van der Waals surface area contributed by atoms with Gasteiger partial charge in [-0.2, -0.15) is 12.6 Å². The van der Waals surface area contributed by atoms with E-state index in [0.29, 0.717) is 5.75 Å². The molecule has 1 aromatic carbocycles. The van der Waals surface area contributed by atoms with Crippen molar-refractivity contribution >= 4 is 12.6 Å². The van der Waals surface area contributed by atoms with Crippen LogP contribution in [0.2, 0.25) is 0 Å². The Kier molecular flexibility index (Phi) is 3.59. The van der Waals surface area contributed by atoms with Crippen LogP contribution >= 0.6 is 12.6 Å². The molecule has 0 spiro atoms. The highest BCUT2D eigenvalue weighted by molar-refractivity contribution is 7.79. The molecule has 16 heavy (non-hydrogen) atoms. The molecule has 2 nitrogen and oxygen atoms in total. The first-order valence-corrected chi connectivity index (χ1v) is 5.73. The van der Waals surface area contributed by atoms with Gasteiger partial charge >= 0.3 is 0 Å². The highest BCUT2D eigenvalue weighted by Crippen LogP contribution is 2.22. The number of thiol groups is 1. The Morgan fingerprint density at radius 2 is 2.00 bits per heavy atom. The Labute approximate surface area is 100 Å². The second-order valence-corrected chi connectivity index (χ2v) is 3.84. The van der Waals surface area contributed by atoms with Crippen LogP contribution in [0.4, 0.5) is 0 Å². The molecule has 2 rings (SSSR count). The van der Waals surface area contributed by atoms with Gasteiger partial charge in [-0.15, -0.1) is 0 Å². The summed E-state index contributed by atoms with van der Waals surface area (Å²) in [6.07, 6.45) is 1.77. The molecule has 2 aromatic rings.